The Morgan fingerprint density at radius 1 is 1.12 bits per heavy atom. The number of fused-ring (bicyclic) bond motifs is 1. The molecular weight excluding hydrogens is 433 g/mol. The molecule has 2 aromatic carbocycles. The molecule has 5 nitrogen and oxygen atoms in total. The molecule has 1 aromatic heterocycles. The predicted octanol–water partition coefficient (Wildman–Crippen LogP) is 5.95. The molecule has 6 heteroatoms. The maximum Gasteiger partial charge on any atom is 0.308 e. The van der Waals surface area contributed by atoms with Gasteiger partial charge in [0.15, 0.2) is 0 Å². The maximum absolute atomic E-state index is 13.6. The van der Waals surface area contributed by atoms with Gasteiger partial charge < -0.3 is 19.9 Å². The predicted molar refractivity (Wildman–Crippen MR) is 134 cm³/mol. The molecule has 0 saturated heterocycles. The molecule has 0 saturated carbocycles. The van der Waals surface area contributed by atoms with E-state index in [0.29, 0.717) is 0 Å². The van der Waals surface area contributed by atoms with Gasteiger partial charge in [-0.3, -0.25) is 4.79 Å². The lowest BCUT2D eigenvalue weighted by molar-refractivity contribution is -0.157. The van der Waals surface area contributed by atoms with Crippen LogP contribution < -0.4 is 0 Å². The summed E-state index contributed by atoms with van der Waals surface area (Å²) in [5.41, 5.74) is 4.05. The van der Waals surface area contributed by atoms with Crippen molar-refractivity contribution in [3.63, 3.8) is 0 Å². The topological polar surface area (TPSA) is 82.5 Å². The third-order valence-electron chi connectivity index (χ3n) is 5.46. The van der Waals surface area contributed by atoms with Crippen LogP contribution in [0.2, 0.25) is 0 Å². The van der Waals surface area contributed by atoms with Crippen molar-refractivity contribution in [2.45, 2.75) is 71.2 Å². The van der Waals surface area contributed by atoms with Gasteiger partial charge in [0.2, 0.25) is 0 Å². The number of carbonyl (C=O) groups is 1. The van der Waals surface area contributed by atoms with Gasteiger partial charge in [-0.1, -0.05) is 44.2 Å². The van der Waals surface area contributed by atoms with Crippen molar-refractivity contribution in [3.8, 4) is 11.1 Å². The maximum atomic E-state index is 13.6. The fourth-order valence-corrected chi connectivity index (χ4v) is 4.04. The van der Waals surface area contributed by atoms with Crippen molar-refractivity contribution < 1.29 is 24.1 Å². The number of esters is 1. The van der Waals surface area contributed by atoms with Crippen LogP contribution in [0.3, 0.4) is 0 Å². The molecule has 0 unspecified atom stereocenters. The second-order valence-electron chi connectivity index (χ2n) is 9.95. The Balaban J connectivity index is 1.88. The van der Waals surface area contributed by atoms with Crippen molar-refractivity contribution in [3.05, 3.63) is 65.6 Å². The molecule has 0 aliphatic carbocycles. The number of halogens is 1. The Morgan fingerprint density at radius 3 is 2.41 bits per heavy atom. The van der Waals surface area contributed by atoms with Crippen LogP contribution in [0, 0.1) is 5.82 Å². The first kappa shape index (κ1) is 25.7. The minimum atomic E-state index is -1.03. The molecule has 34 heavy (non-hydrogen) atoms. The molecule has 3 N–H and O–H groups in total. The van der Waals surface area contributed by atoms with Gasteiger partial charge in [-0.25, -0.2) is 4.39 Å². The fourth-order valence-electron chi connectivity index (χ4n) is 4.04. The highest BCUT2D eigenvalue weighted by Gasteiger charge is 2.21. The Hall–Kier alpha value is -2.96. The van der Waals surface area contributed by atoms with E-state index >= 15 is 0 Å². The first-order valence-corrected chi connectivity index (χ1v) is 11.6. The van der Waals surface area contributed by atoms with Crippen LogP contribution in [-0.2, 0) is 9.53 Å². The quantitative estimate of drug-likeness (QED) is 0.357. The van der Waals surface area contributed by atoms with E-state index in [2.05, 4.69) is 24.9 Å². The number of hydrogen-bond donors (Lipinski definition) is 3. The number of hydrogen-bond acceptors (Lipinski definition) is 4. The minimum Gasteiger partial charge on any atom is -0.460 e. The summed E-state index contributed by atoms with van der Waals surface area (Å²) in [4.78, 5) is 15.3. The second-order valence-corrected chi connectivity index (χ2v) is 9.95. The van der Waals surface area contributed by atoms with Crippen LogP contribution in [0.5, 0.6) is 0 Å². The number of benzene rings is 2. The number of aliphatic hydroxyl groups excluding tert-OH is 2. The molecule has 3 rings (SSSR count). The zero-order chi connectivity index (χ0) is 25.0. The summed E-state index contributed by atoms with van der Waals surface area (Å²) in [6.07, 6.45) is 1.18. The number of H-pyrrole nitrogens is 1. The molecule has 0 bridgehead atoms. The third kappa shape index (κ3) is 6.55. The van der Waals surface area contributed by atoms with Gasteiger partial charge in [-0.05, 0) is 62.1 Å². The summed E-state index contributed by atoms with van der Waals surface area (Å²) < 4.78 is 18.8. The summed E-state index contributed by atoms with van der Waals surface area (Å²) in [5.74, 6) is -0.533. The largest absolute Gasteiger partial charge is 0.460 e. The number of nitrogens with one attached hydrogen (secondary N) is 1. The normalized spacial score (nSPS) is 14.1. The SMILES string of the molecule is CC(C)c1cccc2[nH]c(/C=C/[C@H](O)C[C@H](O)CC(=O)OC(C)(C)C)c(-c3ccc(F)cc3)c12. The second kappa shape index (κ2) is 10.5. The molecular formula is C28H34FNO4. The van der Waals surface area contributed by atoms with E-state index in [0.717, 1.165) is 27.7 Å². The average molecular weight is 468 g/mol. The minimum absolute atomic E-state index is 0.000896. The van der Waals surface area contributed by atoms with Crippen molar-refractivity contribution in [1.82, 2.24) is 4.98 Å². The van der Waals surface area contributed by atoms with E-state index in [1.165, 1.54) is 17.7 Å². The number of aliphatic hydroxyl groups is 2. The van der Waals surface area contributed by atoms with Crippen LogP contribution in [0.25, 0.3) is 28.1 Å². The number of aromatic amines is 1. The Labute approximate surface area is 200 Å². The Bertz CT molecular complexity index is 1160. The van der Waals surface area contributed by atoms with E-state index in [4.69, 9.17) is 4.74 Å². The zero-order valence-electron chi connectivity index (χ0n) is 20.4. The van der Waals surface area contributed by atoms with Crippen LogP contribution in [-0.4, -0.2) is 39.0 Å². The fraction of sp³-hybridized carbons (Fsp3) is 0.393. The van der Waals surface area contributed by atoms with Gasteiger partial charge in [0.05, 0.1) is 18.6 Å². The monoisotopic (exact) mass is 467 g/mol. The van der Waals surface area contributed by atoms with E-state index in [1.54, 1.807) is 45.1 Å². The number of ether oxygens (including phenoxy) is 1. The van der Waals surface area contributed by atoms with Gasteiger partial charge in [0.25, 0.3) is 0 Å². The van der Waals surface area contributed by atoms with Gasteiger partial charge >= 0.3 is 5.97 Å². The Morgan fingerprint density at radius 2 is 1.79 bits per heavy atom. The van der Waals surface area contributed by atoms with Crippen molar-refractivity contribution >= 4 is 22.9 Å². The van der Waals surface area contributed by atoms with Crippen molar-refractivity contribution in [2.75, 3.05) is 0 Å². The van der Waals surface area contributed by atoms with Crippen LogP contribution >= 0.6 is 0 Å². The molecule has 0 aliphatic rings. The number of carbonyl (C=O) groups excluding carboxylic acids is 1. The molecule has 3 aromatic rings. The smallest absolute Gasteiger partial charge is 0.308 e. The first-order chi connectivity index (χ1) is 15.9. The lowest BCUT2D eigenvalue weighted by Gasteiger charge is -2.21. The molecule has 0 fully saturated rings. The number of rotatable bonds is 8. The summed E-state index contributed by atoms with van der Waals surface area (Å²) in [7, 11) is 0. The highest BCUT2D eigenvalue weighted by molar-refractivity contribution is 6.02. The molecule has 0 spiro atoms. The summed E-state index contributed by atoms with van der Waals surface area (Å²) in [6.45, 7) is 9.54. The highest BCUT2D eigenvalue weighted by Crippen LogP contribution is 2.38. The van der Waals surface area contributed by atoms with Crippen LogP contribution in [0.15, 0.2) is 48.5 Å². The standard InChI is InChI=1S/C28H34FNO4/c1-17(2)22-7-6-8-23-27(22)26(18-9-11-19(29)12-10-18)24(30-23)14-13-20(31)15-21(32)16-25(33)34-28(3,4)5/h6-14,17,20-21,30-32H,15-16H2,1-5H3/b14-13+/t20-,21-/m0/s1. The van der Waals surface area contributed by atoms with Crippen LogP contribution in [0.4, 0.5) is 4.39 Å². The number of aromatic nitrogens is 1. The molecule has 0 radical (unpaired) electrons. The van der Waals surface area contributed by atoms with Gasteiger partial charge in [0, 0.05) is 28.6 Å². The van der Waals surface area contributed by atoms with E-state index in [1.807, 2.05) is 12.1 Å². The van der Waals surface area contributed by atoms with Crippen molar-refractivity contribution in [1.29, 1.82) is 0 Å². The zero-order valence-corrected chi connectivity index (χ0v) is 20.4. The molecule has 182 valence electrons. The van der Waals surface area contributed by atoms with Gasteiger partial charge in [0.1, 0.15) is 11.4 Å². The average Bonchev–Trinajstić information content (AvgIpc) is 3.09. The van der Waals surface area contributed by atoms with E-state index in [9.17, 15) is 19.4 Å². The first-order valence-electron chi connectivity index (χ1n) is 11.6. The van der Waals surface area contributed by atoms with E-state index in [-0.39, 0.29) is 24.6 Å². The molecule has 0 amide bonds. The summed E-state index contributed by atoms with van der Waals surface area (Å²) >= 11 is 0. The molecule has 2 atom stereocenters. The van der Waals surface area contributed by atoms with E-state index < -0.39 is 23.8 Å². The summed E-state index contributed by atoms with van der Waals surface area (Å²) in [5, 5.41) is 21.8. The van der Waals surface area contributed by atoms with Gasteiger partial charge in [-0.15, -0.1) is 0 Å². The summed E-state index contributed by atoms with van der Waals surface area (Å²) in [6, 6.07) is 12.4. The third-order valence-corrected chi connectivity index (χ3v) is 5.46. The molecule has 1 heterocycles. The Kier molecular flexibility index (Phi) is 7.95. The lowest BCUT2D eigenvalue weighted by Crippen LogP contribution is -2.27. The van der Waals surface area contributed by atoms with Gasteiger partial charge in [-0.2, -0.15) is 0 Å². The highest BCUT2D eigenvalue weighted by atomic mass is 19.1. The molecule has 0 aliphatic heterocycles. The van der Waals surface area contributed by atoms with Crippen LogP contribution in [0.1, 0.15) is 64.6 Å². The van der Waals surface area contributed by atoms with Crippen molar-refractivity contribution in [2.24, 2.45) is 0 Å². The lowest BCUT2D eigenvalue weighted by atomic mass is 9.93.